The zero-order chi connectivity index (χ0) is 9.07. The Morgan fingerprint density at radius 2 is 1.75 bits per heavy atom. The Kier molecular flexibility index (Phi) is 9.63. The smallest absolute Gasteiger partial charge is 0.0272 e. The van der Waals surface area contributed by atoms with Crippen LogP contribution in [0.1, 0.15) is 45.4 Å². The molecule has 68 valence electrons. The molecule has 0 spiro atoms. The van der Waals surface area contributed by atoms with Crippen LogP contribution in [0.4, 0.5) is 0 Å². The summed E-state index contributed by atoms with van der Waals surface area (Å²) in [5, 5.41) is 0. The summed E-state index contributed by atoms with van der Waals surface area (Å²) in [6, 6.07) is 0. The van der Waals surface area contributed by atoms with Gasteiger partial charge in [-0.1, -0.05) is 38.5 Å². The predicted octanol–water partition coefficient (Wildman–Crippen LogP) is 4.24. The summed E-state index contributed by atoms with van der Waals surface area (Å²) in [7, 11) is 0. The molecule has 0 aliphatic heterocycles. The molecule has 0 atom stereocenters. The SMILES string of the molecule is C=C=CCCCC=CCCCC. The van der Waals surface area contributed by atoms with Gasteiger partial charge in [0, 0.05) is 0 Å². The van der Waals surface area contributed by atoms with Crippen LogP contribution in [0.25, 0.3) is 0 Å². The van der Waals surface area contributed by atoms with E-state index in [4.69, 9.17) is 0 Å². The van der Waals surface area contributed by atoms with Gasteiger partial charge in [-0.2, -0.15) is 0 Å². The van der Waals surface area contributed by atoms with Gasteiger partial charge in [0.15, 0.2) is 0 Å². The first kappa shape index (κ1) is 11.3. The monoisotopic (exact) mass is 164 g/mol. The van der Waals surface area contributed by atoms with Gasteiger partial charge in [0.1, 0.15) is 0 Å². The van der Waals surface area contributed by atoms with E-state index in [9.17, 15) is 0 Å². The third kappa shape index (κ3) is 9.26. The maximum atomic E-state index is 3.52. The van der Waals surface area contributed by atoms with Crippen molar-refractivity contribution >= 4 is 0 Å². The summed E-state index contributed by atoms with van der Waals surface area (Å²) in [5.74, 6) is 0. The topological polar surface area (TPSA) is 0 Å². The highest BCUT2D eigenvalue weighted by atomic mass is 13.9. The maximum absolute atomic E-state index is 3.52. The second kappa shape index (κ2) is 10.3. The van der Waals surface area contributed by atoms with Crippen LogP contribution in [0.15, 0.2) is 30.5 Å². The molecule has 0 bridgehead atoms. The Hall–Kier alpha value is -0.740. The zero-order valence-corrected chi connectivity index (χ0v) is 8.18. The van der Waals surface area contributed by atoms with E-state index in [1.165, 1.54) is 32.1 Å². The summed E-state index contributed by atoms with van der Waals surface area (Å²) >= 11 is 0. The molecule has 12 heavy (non-hydrogen) atoms. The quantitative estimate of drug-likeness (QED) is 0.300. The lowest BCUT2D eigenvalue weighted by Gasteiger charge is -1.90. The minimum absolute atomic E-state index is 1.11. The highest BCUT2D eigenvalue weighted by Gasteiger charge is 1.80. The molecular formula is C12H20. The average molecular weight is 164 g/mol. The van der Waals surface area contributed by atoms with Crippen molar-refractivity contribution in [3.05, 3.63) is 30.5 Å². The second-order valence-electron chi connectivity index (χ2n) is 2.95. The number of rotatable bonds is 7. The van der Waals surface area contributed by atoms with E-state index in [1.54, 1.807) is 0 Å². The number of hydrogen-bond acceptors (Lipinski definition) is 0. The molecule has 0 unspecified atom stereocenters. The molecule has 0 heterocycles. The third-order valence-corrected chi connectivity index (χ3v) is 1.75. The summed E-state index contributed by atoms with van der Waals surface area (Å²) < 4.78 is 0. The van der Waals surface area contributed by atoms with Gasteiger partial charge in [-0.3, -0.25) is 0 Å². The minimum Gasteiger partial charge on any atom is -0.133 e. The summed E-state index contributed by atoms with van der Waals surface area (Å²) in [6.45, 7) is 5.75. The predicted molar refractivity (Wildman–Crippen MR) is 56.2 cm³/mol. The van der Waals surface area contributed by atoms with E-state index < -0.39 is 0 Å². The largest absolute Gasteiger partial charge is 0.133 e. The minimum atomic E-state index is 1.11. The van der Waals surface area contributed by atoms with Crippen LogP contribution in [0, 0.1) is 0 Å². The highest BCUT2D eigenvalue weighted by molar-refractivity contribution is 4.83. The zero-order valence-electron chi connectivity index (χ0n) is 8.18. The molecule has 0 aromatic heterocycles. The molecule has 0 fully saturated rings. The first-order valence-corrected chi connectivity index (χ1v) is 4.91. The normalized spacial score (nSPS) is 10.1. The molecular weight excluding hydrogens is 144 g/mol. The van der Waals surface area contributed by atoms with Gasteiger partial charge in [-0.05, 0) is 31.8 Å². The fourth-order valence-corrected chi connectivity index (χ4v) is 0.998. The highest BCUT2D eigenvalue weighted by Crippen LogP contribution is 2.00. The number of unbranched alkanes of at least 4 members (excludes halogenated alkanes) is 4. The van der Waals surface area contributed by atoms with Crippen LogP contribution in [-0.2, 0) is 0 Å². The average Bonchev–Trinajstić information content (AvgIpc) is 2.10. The molecule has 0 rings (SSSR count). The van der Waals surface area contributed by atoms with Gasteiger partial charge in [0.2, 0.25) is 0 Å². The molecule has 0 aliphatic rings. The molecule has 0 amide bonds. The van der Waals surface area contributed by atoms with Crippen molar-refractivity contribution in [1.82, 2.24) is 0 Å². The van der Waals surface area contributed by atoms with Gasteiger partial charge in [0.25, 0.3) is 0 Å². The third-order valence-electron chi connectivity index (χ3n) is 1.75. The first-order chi connectivity index (χ1) is 5.91. The van der Waals surface area contributed by atoms with E-state index in [-0.39, 0.29) is 0 Å². The molecule has 0 radical (unpaired) electrons. The molecule has 0 aliphatic carbocycles. The van der Waals surface area contributed by atoms with E-state index in [0.717, 1.165) is 6.42 Å². The van der Waals surface area contributed by atoms with Crippen molar-refractivity contribution in [3.63, 3.8) is 0 Å². The Labute approximate surface area is 76.7 Å². The standard InChI is InChI=1S/C12H20/c1-3-5-7-9-11-12-10-8-6-4-2/h5,10,12H,1,4,6-9,11H2,2H3. The molecule has 0 saturated heterocycles. The second-order valence-corrected chi connectivity index (χ2v) is 2.95. The van der Waals surface area contributed by atoms with E-state index >= 15 is 0 Å². The van der Waals surface area contributed by atoms with Gasteiger partial charge >= 0.3 is 0 Å². The van der Waals surface area contributed by atoms with Gasteiger partial charge in [-0.25, -0.2) is 0 Å². The van der Waals surface area contributed by atoms with Crippen LogP contribution in [0.5, 0.6) is 0 Å². The fraction of sp³-hybridized carbons (Fsp3) is 0.583. The van der Waals surface area contributed by atoms with Crippen LogP contribution in [0.2, 0.25) is 0 Å². The Morgan fingerprint density at radius 1 is 1.08 bits per heavy atom. The van der Waals surface area contributed by atoms with Crippen molar-refractivity contribution in [3.8, 4) is 0 Å². The van der Waals surface area contributed by atoms with Crippen LogP contribution < -0.4 is 0 Å². The van der Waals surface area contributed by atoms with E-state index in [0.29, 0.717) is 0 Å². The van der Waals surface area contributed by atoms with Gasteiger partial charge < -0.3 is 0 Å². The fourth-order valence-electron chi connectivity index (χ4n) is 0.998. The number of allylic oxidation sites excluding steroid dienone is 3. The first-order valence-electron chi connectivity index (χ1n) is 4.91. The lowest BCUT2D eigenvalue weighted by atomic mass is 10.2. The molecule has 0 N–H and O–H groups in total. The van der Waals surface area contributed by atoms with Crippen molar-refractivity contribution in [1.29, 1.82) is 0 Å². The van der Waals surface area contributed by atoms with Crippen LogP contribution in [0.3, 0.4) is 0 Å². The molecule has 0 aromatic rings. The Bertz CT molecular complexity index is 147. The van der Waals surface area contributed by atoms with E-state index in [2.05, 4.69) is 31.4 Å². The summed E-state index contributed by atoms with van der Waals surface area (Å²) in [5.41, 5.74) is 2.78. The number of hydrogen-bond donors (Lipinski definition) is 0. The molecule has 0 heteroatoms. The van der Waals surface area contributed by atoms with Crippen LogP contribution in [-0.4, -0.2) is 0 Å². The Balaban J connectivity index is 3.07. The van der Waals surface area contributed by atoms with Crippen molar-refractivity contribution in [2.45, 2.75) is 45.4 Å². The molecule has 0 aromatic carbocycles. The Morgan fingerprint density at radius 3 is 2.33 bits per heavy atom. The van der Waals surface area contributed by atoms with E-state index in [1.807, 2.05) is 6.08 Å². The summed E-state index contributed by atoms with van der Waals surface area (Å²) in [6.07, 6.45) is 14.0. The van der Waals surface area contributed by atoms with Crippen molar-refractivity contribution in [2.24, 2.45) is 0 Å². The molecule has 0 saturated carbocycles. The van der Waals surface area contributed by atoms with Crippen molar-refractivity contribution in [2.75, 3.05) is 0 Å². The van der Waals surface area contributed by atoms with Gasteiger partial charge in [0.05, 0.1) is 0 Å². The maximum Gasteiger partial charge on any atom is -0.0272 e. The lowest BCUT2D eigenvalue weighted by molar-refractivity contribution is 0.805. The lowest BCUT2D eigenvalue weighted by Crippen LogP contribution is -1.70. The summed E-state index contributed by atoms with van der Waals surface area (Å²) in [4.78, 5) is 0. The van der Waals surface area contributed by atoms with Crippen molar-refractivity contribution < 1.29 is 0 Å². The molecule has 0 nitrogen and oxygen atoms in total. The van der Waals surface area contributed by atoms with Gasteiger partial charge in [-0.15, -0.1) is 5.73 Å². The van der Waals surface area contributed by atoms with Crippen LogP contribution >= 0.6 is 0 Å².